The molecule has 5 N–H and O–H groups in total. The standard InChI is InChI=1S/C15H17N7O3/c16-7-10(21-22-11-3-1-2-6-17-11)12(23)18-8-15(9-4-5-9)13(24)19-14(25)20-15/h1-3,6-7,9,16H,4-5,8H2,(H,17,22)(H,18,23)(H2,19,20,24,25)/b16-7?,21-10+. The van der Waals surface area contributed by atoms with Crippen molar-refractivity contribution in [2.45, 2.75) is 18.4 Å². The Kier molecular flexibility index (Phi) is 4.42. The van der Waals surface area contributed by atoms with Gasteiger partial charge in [-0.2, -0.15) is 5.10 Å². The number of amides is 4. The van der Waals surface area contributed by atoms with Gasteiger partial charge in [0.05, 0.1) is 12.8 Å². The molecule has 1 saturated carbocycles. The molecule has 0 spiro atoms. The summed E-state index contributed by atoms with van der Waals surface area (Å²) in [4.78, 5) is 39.8. The Morgan fingerprint density at radius 1 is 1.44 bits per heavy atom. The minimum Gasteiger partial charge on any atom is -0.348 e. The summed E-state index contributed by atoms with van der Waals surface area (Å²) < 4.78 is 0. The third-order valence-electron chi connectivity index (χ3n) is 4.10. The smallest absolute Gasteiger partial charge is 0.322 e. The van der Waals surface area contributed by atoms with Crippen molar-refractivity contribution >= 4 is 35.6 Å². The third kappa shape index (κ3) is 3.47. The molecule has 1 unspecified atom stereocenters. The number of nitrogens with zero attached hydrogens (tertiary/aromatic N) is 2. The number of aromatic nitrogens is 1. The van der Waals surface area contributed by atoms with Crippen molar-refractivity contribution in [2.24, 2.45) is 11.0 Å². The molecule has 3 rings (SSSR count). The number of urea groups is 1. The van der Waals surface area contributed by atoms with Gasteiger partial charge in [-0.05, 0) is 30.9 Å². The van der Waals surface area contributed by atoms with Crippen LogP contribution in [-0.2, 0) is 9.59 Å². The van der Waals surface area contributed by atoms with E-state index in [2.05, 4.69) is 31.5 Å². The van der Waals surface area contributed by atoms with Crippen LogP contribution in [0.3, 0.4) is 0 Å². The van der Waals surface area contributed by atoms with Gasteiger partial charge in [0.15, 0.2) is 5.71 Å². The average Bonchev–Trinajstić information content (AvgIpc) is 3.41. The van der Waals surface area contributed by atoms with Crippen LogP contribution in [0.15, 0.2) is 29.5 Å². The predicted molar refractivity (Wildman–Crippen MR) is 89.2 cm³/mol. The SMILES string of the molecule is N=C/C(=N\Nc1ccccn1)C(=O)NCC1(C2CC2)NC(=O)NC1=O. The van der Waals surface area contributed by atoms with Gasteiger partial charge in [-0.3, -0.25) is 20.3 Å². The van der Waals surface area contributed by atoms with E-state index in [4.69, 9.17) is 5.41 Å². The van der Waals surface area contributed by atoms with Crippen LogP contribution in [0.1, 0.15) is 12.8 Å². The summed E-state index contributed by atoms with van der Waals surface area (Å²) in [6.45, 7) is -0.0650. The van der Waals surface area contributed by atoms with E-state index in [0.29, 0.717) is 5.82 Å². The molecule has 4 amide bonds. The number of hydrogen-bond acceptors (Lipinski definition) is 7. The molecule has 0 bridgehead atoms. The molecular weight excluding hydrogens is 326 g/mol. The highest BCUT2D eigenvalue weighted by atomic mass is 16.2. The Balaban J connectivity index is 1.65. The molecule has 0 aromatic carbocycles. The van der Waals surface area contributed by atoms with E-state index in [1.807, 2.05) is 0 Å². The minimum atomic E-state index is -1.13. The van der Waals surface area contributed by atoms with Crippen molar-refractivity contribution < 1.29 is 14.4 Å². The molecule has 2 aliphatic rings. The topological polar surface area (TPSA) is 148 Å². The average molecular weight is 343 g/mol. The van der Waals surface area contributed by atoms with Crippen LogP contribution < -0.4 is 21.4 Å². The Morgan fingerprint density at radius 3 is 2.80 bits per heavy atom. The van der Waals surface area contributed by atoms with Gasteiger partial charge in [-0.1, -0.05) is 6.07 Å². The van der Waals surface area contributed by atoms with Gasteiger partial charge < -0.3 is 16.0 Å². The molecule has 0 radical (unpaired) electrons. The fraction of sp³-hybridized carbons (Fsp3) is 0.333. The van der Waals surface area contributed by atoms with Crippen LogP contribution in [0.2, 0.25) is 0 Å². The van der Waals surface area contributed by atoms with Crippen LogP contribution in [0, 0.1) is 11.3 Å². The summed E-state index contributed by atoms with van der Waals surface area (Å²) in [7, 11) is 0. The Morgan fingerprint density at radius 2 is 2.24 bits per heavy atom. The quantitative estimate of drug-likeness (QED) is 0.259. The van der Waals surface area contributed by atoms with Gasteiger partial charge in [0.1, 0.15) is 11.4 Å². The first-order valence-corrected chi connectivity index (χ1v) is 7.72. The lowest BCUT2D eigenvalue weighted by atomic mass is 9.93. The van der Waals surface area contributed by atoms with Crippen LogP contribution in [0.25, 0.3) is 0 Å². The molecule has 10 nitrogen and oxygen atoms in total. The summed E-state index contributed by atoms with van der Waals surface area (Å²) in [6, 6.07) is 4.57. The fourth-order valence-corrected chi connectivity index (χ4v) is 2.64. The molecule has 1 aliphatic heterocycles. The first-order valence-electron chi connectivity index (χ1n) is 7.72. The summed E-state index contributed by atoms with van der Waals surface area (Å²) in [5.41, 5.74) is 1.27. The fourth-order valence-electron chi connectivity index (χ4n) is 2.64. The maximum absolute atomic E-state index is 12.2. The first-order chi connectivity index (χ1) is 12.0. The molecule has 2 fully saturated rings. The molecule has 1 aromatic rings. The molecular formula is C15H17N7O3. The number of carbonyl (C=O) groups is 3. The van der Waals surface area contributed by atoms with Crippen LogP contribution in [-0.4, -0.2) is 46.8 Å². The number of pyridine rings is 1. The molecule has 1 saturated heterocycles. The molecule has 25 heavy (non-hydrogen) atoms. The number of nitrogens with one attached hydrogen (secondary N) is 5. The monoisotopic (exact) mass is 343 g/mol. The second kappa shape index (κ2) is 6.67. The molecule has 1 aromatic heterocycles. The van der Waals surface area contributed by atoms with Crippen LogP contribution in [0.4, 0.5) is 10.6 Å². The van der Waals surface area contributed by atoms with Gasteiger partial charge in [-0.15, -0.1) is 0 Å². The molecule has 1 aliphatic carbocycles. The van der Waals surface area contributed by atoms with E-state index in [-0.39, 0.29) is 18.2 Å². The second-order valence-corrected chi connectivity index (χ2v) is 5.80. The zero-order valence-electron chi connectivity index (χ0n) is 13.2. The Hall–Kier alpha value is -3.30. The maximum Gasteiger partial charge on any atom is 0.322 e. The largest absolute Gasteiger partial charge is 0.348 e. The number of rotatable bonds is 7. The number of carbonyl (C=O) groups excluding carboxylic acids is 3. The normalized spacial score (nSPS) is 22.8. The van der Waals surface area contributed by atoms with E-state index >= 15 is 0 Å². The van der Waals surface area contributed by atoms with Crippen molar-refractivity contribution in [3.8, 4) is 0 Å². The van der Waals surface area contributed by atoms with Crippen LogP contribution in [0.5, 0.6) is 0 Å². The van der Waals surface area contributed by atoms with Crippen LogP contribution >= 0.6 is 0 Å². The van der Waals surface area contributed by atoms with Gasteiger partial charge in [-0.25, -0.2) is 9.78 Å². The summed E-state index contributed by atoms with van der Waals surface area (Å²) >= 11 is 0. The van der Waals surface area contributed by atoms with E-state index in [9.17, 15) is 14.4 Å². The van der Waals surface area contributed by atoms with Gasteiger partial charge in [0.2, 0.25) is 0 Å². The number of anilines is 1. The van der Waals surface area contributed by atoms with E-state index in [1.165, 1.54) is 0 Å². The van der Waals surface area contributed by atoms with E-state index in [1.54, 1.807) is 24.4 Å². The molecule has 2 heterocycles. The zero-order chi connectivity index (χ0) is 17.9. The van der Waals surface area contributed by atoms with Crippen molar-refractivity contribution in [3.05, 3.63) is 24.4 Å². The van der Waals surface area contributed by atoms with Gasteiger partial charge in [0.25, 0.3) is 11.8 Å². The Bertz CT molecular complexity index is 745. The highest BCUT2D eigenvalue weighted by Gasteiger charge is 2.56. The zero-order valence-corrected chi connectivity index (χ0v) is 13.2. The number of hydrazone groups is 1. The highest BCUT2D eigenvalue weighted by molar-refractivity contribution is 6.60. The van der Waals surface area contributed by atoms with Gasteiger partial charge in [0, 0.05) is 6.20 Å². The second-order valence-electron chi connectivity index (χ2n) is 5.80. The molecule has 10 heteroatoms. The maximum atomic E-state index is 12.2. The lowest BCUT2D eigenvalue weighted by Crippen LogP contribution is -2.57. The van der Waals surface area contributed by atoms with E-state index < -0.39 is 23.4 Å². The minimum absolute atomic E-state index is 0.00809. The summed E-state index contributed by atoms with van der Waals surface area (Å²) in [6.07, 6.45) is 3.96. The highest BCUT2D eigenvalue weighted by Crippen LogP contribution is 2.40. The number of hydrogen-bond donors (Lipinski definition) is 5. The van der Waals surface area contributed by atoms with Crippen molar-refractivity contribution in [1.82, 2.24) is 20.9 Å². The first kappa shape index (κ1) is 16.6. The summed E-state index contributed by atoms with van der Waals surface area (Å²) in [5, 5.41) is 18.6. The Labute approximate surface area is 143 Å². The number of imide groups is 1. The predicted octanol–water partition coefficient (Wildman–Crippen LogP) is -0.397. The summed E-state index contributed by atoms with van der Waals surface area (Å²) in [5.74, 6) is -0.662. The van der Waals surface area contributed by atoms with Crippen molar-refractivity contribution in [3.63, 3.8) is 0 Å². The third-order valence-corrected chi connectivity index (χ3v) is 4.10. The van der Waals surface area contributed by atoms with Gasteiger partial charge >= 0.3 is 6.03 Å². The van der Waals surface area contributed by atoms with Crippen molar-refractivity contribution in [2.75, 3.05) is 12.0 Å². The van der Waals surface area contributed by atoms with E-state index in [0.717, 1.165) is 19.1 Å². The lowest BCUT2D eigenvalue weighted by Gasteiger charge is -2.26. The lowest BCUT2D eigenvalue weighted by molar-refractivity contribution is -0.125. The van der Waals surface area contributed by atoms with Crippen molar-refractivity contribution in [1.29, 1.82) is 5.41 Å². The molecule has 1 atom stereocenters. The molecule has 130 valence electrons.